The van der Waals surface area contributed by atoms with Crippen molar-refractivity contribution >= 4 is 27.7 Å². The number of hydrogen-bond donors (Lipinski definition) is 1. The molecular weight excluding hydrogens is 442 g/mol. The zero-order valence-corrected chi connectivity index (χ0v) is 19.4. The summed E-state index contributed by atoms with van der Waals surface area (Å²) in [5.74, 6) is 1.11. The Hall–Kier alpha value is -4.32. The number of methoxy groups -OCH3 is 1. The molecule has 5 aromatic rings. The molecule has 0 aliphatic rings. The summed E-state index contributed by atoms with van der Waals surface area (Å²) in [4.78, 5) is 29.0. The molecule has 0 radical (unpaired) electrons. The number of rotatable bonds is 9. The molecule has 0 atom stereocenters. The van der Waals surface area contributed by atoms with Crippen molar-refractivity contribution in [2.45, 2.75) is 25.9 Å². The first-order chi connectivity index (χ1) is 17.1. The highest BCUT2D eigenvalue weighted by Crippen LogP contribution is 2.26. The molecule has 176 valence electrons. The predicted octanol–water partition coefficient (Wildman–Crippen LogP) is 6.07. The van der Waals surface area contributed by atoms with Gasteiger partial charge >= 0.3 is 0 Å². The monoisotopic (exact) mass is 467 g/mol. The second-order valence-corrected chi connectivity index (χ2v) is 8.38. The van der Waals surface area contributed by atoms with Crippen LogP contribution in [0.5, 0.6) is 11.5 Å². The molecule has 0 fully saturated rings. The van der Waals surface area contributed by atoms with E-state index in [0.29, 0.717) is 36.2 Å². The fourth-order valence-electron chi connectivity index (χ4n) is 4.22. The quantitative estimate of drug-likeness (QED) is 0.266. The van der Waals surface area contributed by atoms with Gasteiger partial charge in [0.2, 0.25) is 0 Å². The Morgan fingerprint density at radius 1 is 1.00 bits per heavy atom. The van der Waals surface area contributed by atoms with Crippen molar-refractivity contribution in [2.24, 2.45) is 0 Å². The van der Waals surface area contributed by atoms with Crippen LogP contribution in [-0.4, -0.2) is 17.9 Å². The van der Waals surface area contributed by atoms with Crippen molar-refractivity contribution in [3.63, 3.8) is 0 Å². The summed E-state index contributed by atoms with van der Waals surface area (Å²) in [6.45, 7) is 0.333. The Kier molecular flexibility index (Phi) is 6.35. The molecule has 0 amide bonds. The van der Waals surface area contributed by atoms with Crippen LogP contribution < -0.4 is 14.9 Å². The maximum absolute atomic E-state index is 12.9. The van der Waals surface area contributed by atoms with Crippen LogP contribution >= 0.6 is 0 Å². The first-order valence-corrected chi connectivity index (χ1v) is 11.5. The van der Waals surface area contributed by atoms with E-state index >= 15 is 0 Å². The second kappa shape index (κ2) is 9.89. The number of ketones is 1. The lowest BCUT2D eigenvalue weighted by Gasteiger charge is -2.09. The maximum atomic E-state index is 12.9. The summed E-state index contributed by atoms with van der Waals surface area (Å²) >= 11 is 0. The molecule has 0 saturated carbocycles. The molecule has 2 heterocycles. The van der Waals surface area contributed by atoms with Crippen LogP contribution in [0.2, 0.25) is 0 Å². The van der Waals surface area contributed by atoms with Crippen molar-refractivity contribution in [3.05, 3.63) is 106 Å². The third-order valence-electron chi connectivity index (χ3n) is 6.05. The first-order valence-electron chi connectivity index (χ1n) is 11.5. The smallest absolute Gasteiger partial charge is 0.198 e. The van der Waals surface area contributed by atoms with E-state index in [9.17, 15) is 9.59 Å². The van der Waals surface area contributed by atoms with E-state index in [1.54, 1.807) is 25.3 Å². The molecule has 0 bridgehead atoms. The normalized spacial score (nSPS) is 11.1. The molecule has 0 aliphatic carbocycles. The standard InChI is InChI=1S/C29H25NO5/c1-33-21-13-14-23-22(15-21)20(17-30-23)9-5-10-24(31)28-16-25(32)29-26(11-6-12-27(29)35-28)34-18-19-7-3-2-4-8-19/h2-4,6-8,11-17,30H,5,9-10,18H2,1H3. The first kappa shape index (κ1) is 22.5. The van der Waals surface area contributed by atoms with Crippen molar-refractivity contribution < 1.29 is 18.7 Å². The van der Waals surface area contributed by atoms with Crippen molar-refractivity contribution in [1.29, 1.82) is 0 Å². The largest absolute Gasteiger partial charge is 0.497 e. The van der Waals surface area contributed by atoms with Crippen LogP contribution in [0.25, 0.3) is 21.9 Å². The third kappa shape index (κ3) is 4.82. The number of fused-ring (bicyclic) bond motifs is 2. The van der Waals surface area contributed by atoms with Crippen LogP contribution in [0, 0.1) is 0 Å². The molecule has 6 heteroatoms. The third-order valence-corrected chi connectivity index (χ3v) is 6.05. The van der Waals surface area contributed by atoms with Crippen LogP contribution in [0.3, 0.4) is 0 Å². The van der Waals surface area contributed by atoms with Gasteiger partial charge in [0.1, 0.15) is 29.1 Å². The Morgan fingerprint density at radius 3 is 2.69 bits per heavy atom. The zero-order chi connectivity index (χ0) is 24.2. The number of aryl methyl sites for hydroxylation is 1. The Morgan fingerprint density at radius 2 is 1.86 bits per heavy atom. The average molecular weight is 468 g/mol. The molecular formula is C29H25NO5. The van der Waals surface area contributed by atoms with Crippen LogP contribution in [0.1, 0.15) is 34.5 Å². The van der Waals surface area contributed by atoms with Gasteiger partial charge in [0.05, 0.1) is 7.11 Å². The fourth-order valence-corrected chi connectivity index (χ4v) is 4.22. The fraction of sp³-hybridized carbons (Fsp3) is 0.172. The van der Waals surface area contributed by atoms with Gasteiger partial charge in [0.25, 0.3) is 0 Å². The average Bonchev–Trinajstić information content (AvgIpc) is 3.29. The van der Waals surface area contributed by atoms with Gasteiger partial charge in [-0.1, -0.05) is 36.4 Å². The number of Topliss-reactive ketones (excluding diaryl/α,β-unsaturated/α-hetero) is 1. The summed E-state index contributed by atoms with van der Waals surface area (Å²) < 4.78 is 17.0. The van der Waals surface area contributed by atoms with E-state index in [2.05, 4.69) is 4.98 Å². The van der Waals surface area contributed by atoms with Gasteiger partial charge < -0.3 is 18.9 Å². The Bertz CT molecular complexity index is 1550. The number of nitrogens with one attached hydrogen (secondary N) is 1. The van der Waals surface area contributed by atoms with Crippen molar-refractivity contribution in [3.8, 4) is 11.5 Å². The lowest BCUT2D eigenvalue weighted by molar-refractivity contribution is 0.0954. The zero-order valence-electron chi connectivity index (χ0n) is 19.4. The van der Waals surface area contributed by atoms with E-state index in [1.807, 2.05) is 54.7 Å². The van der Waals surface area contributed by atoms with Crippen molar-refractivity contribution in [2.75, 3.05) is 7.11 Å². The number of hydrogen-bond acceptors (Lipinski definition) is 5. The van der Waals surface area contributed by atoms with Crippen LogP contribution in [0.4, 0.5) is 0 Å². The molecule has 0 unspecified atom stereocenters. The Labute approximate surface area is 202 Å². The minimum absolute atomic E-state index is 0.0725. The van der Waals surface area contributed by atoms with Gasteiger partial charge in [-0.3, -0.25) is 9.59 Å². The van der Waals surface area contributed by atoms with Gasteiger partial charge in [0.15, 0.2) is 17.0 Å². The molecule has 5 rings (SSSR count). The van der Waals surface area contributed by atoms with Crippen LogP contribution in [-0.2, 0) is 13.0 Å². The lowest BCUT2D eigenvalue weighted by Crippen LogP contribution is -2.09. The maximum Gasteiger partial charge on any atom is 0.198 e. The minimum Gasteiger partial charge on any atom is -0.497 e. The highest BCUT2D eigenvalue weighted by atomic mass is 16.5. The molecule has 35 heavy (non-hydrogen) atoms. The molecule has 0 spiro atoms. The summed E-state index contributed by atoms with van der Waals surface area (Å²) in [5, 5.41) is 1.42. The van der Waals surface area contributed by atoms with Gasteiger partial charge in [-0.15, -0.1) is 0 Å². The second-order valence-electron chi connectivity index (χ2n) is 8.38. The number of benzene rings is 3. The summed E-state index contributed by atoms with van der Waals surface area (Å²) in [6.07, 6.45) is 3.58. The van der Waals surface area contributed by atoms with Gasteiger partial charge in [-0.2, -0.15) is 0 Å². The molecule has 6 nitrogen and oxygen atoms in total. The minimum atomic E-state index is -0.290. The highest BCUT2D eigenvalue weighted by molar-refractivity contribution is 5.95. The van der Waals surface area contributed by atoms with Gasteiger partial charge in [-0.05, 0) is 54.3 Å². The molecule has 0 aliphatic heterocycles. The van der Waals surface area contributed by atoms with Gasteiger partial charge in [0, 0.05) is 29.6 Å². The van der Waals surface area contributed by atoms with E-state index in [1.165, 1.54) is 6.07 Å². The predicted molar refractivity (Wildman–Crippen MR) is 135 cm³/mol. The number of aromatic nitrogens is 1. The lowest BCUT2D eigenvalue weighted by atomic mass is 10.0. The SMILES string of the molecule is COc1ccc2[nH]cc(CCCC(=O)c3cc(=O)c4c(OCc5ccccc5)cccc4o3)c2c1. The van der Waals surface area contributed by atoms with E-state index in [0.717, 1.165) is 27.8 Å². The van der Waals surface area contributed by atoms with E-state index < -0.39 is 0 Å². The number of carbonyl (C=O) groups excluding carboxylic acids is 1. The van der Waals surface area contributed by atoms with Crippen molar-refractivity contribution in [1.82, 2.24) is 4.98 Å². The summed E-state index contributed by atoms with van der Waals surface area (Å²) in [6, 6.07) is 22.0. The summed E-state index contributed by atoms with van der Waals surface area (Å²) in [7, 11) is 1.64. The topological polar surface area (TPSA) is 81.5 Å². The number of H-pyrrole nitrogens is 1. The van der Waals surface area contributed by atoms with E-state index in [4.69, 9.17) is 13.9 Å². The molecule has 1 N–H and O–H groups in total. The number of ether oxygens (including phenoxy) is 2. The molecule has 0 saturated heterocycles. The number of aromatic amines is 1. The number of carbonyl (C=O) groups is 1. The molecule has 3 aromatic carbocycles. The van der Waals surface area contributed by atoms with E-state index in [-0.39, 0.29) is 23.4 Å². The highest BCUT2D eigenvalue weighted by Gasteiger charge is 2.16. The summed E-state index contributed by atoms with van der Waals surface area (Å²) in [5.41, 5.74) is 3.19. The van der Waals surface area contributed by atoms with Crippen LogP contribution in [0.15, 0.2) is 88.2 Å². The van der Waals surface area contributed by atoms with Gasteiger partial charge in [-0.25, -0.2) is 0 Å². The molecule has 2 aromatic heterocycles. The Balaban J connectivity index is 1.29.